The highest BCUT2D eigenvalue weighted by molar-refractivity contribution is 6.04. The quantitative estimate of drug-likeness (QED) is 0.943. The zero-order valence-corrected chi connectivity index (χ0v) is 12.2. The maximum atomic E-state index is 12.2. The summed E-state index contributed by atoms with van der Waals surface area (Å²) >= 11 is 0. The Hall–Kier alpha value is -2.37. The van der Waals surface area contributed by atoms with Crippen LogP contribution in [0.2, 0.25) is 0 Å². The molecule has 1 saturated heterocycles. The number of methoxy groups -OCH3 is 1. The van der Waals surface area contributed by atoms with Crippen molar-refractivity contribution in [3.8, 4) is 5.75 Å². The molecule has 0 saturated carbocycles. The molecule has 114 valence electrons. The van der Waals surface area contributed by atoms with Crippen LogP contribution in [0.5, 0.6) is 5.75 Å². The average Bonchev–Trinajstić information content (AvgIpc) is 3.10. The van der Waals surface area contributed by atoms with Crippen molar-refractivity contribution in [2.24, 2.45) is 0 Å². The van der Waals surface area contributed by atoms with Crippen LogP contribution in [-0.4, -0.2) is 26.2 Å². The molecule has 0 aliphatic carbocycles. The van der Waals surface area contributed by atoms with E-state index in [1.54, 1.807) is 31.4 Å². The SMILES string of the molecule is COc1ccc(C(=O)Nc2ccc(C3OCCO3)cc2)cc1. The molecule has 1 heterocycles. The van der Waals surface area contributed by atoms with Crippen molar-refractivity contribution in [2.45, 2.75) is 6.29 Å². The molecule has 5 nitrogen and oxygen atoms in total. The lowest BCUT2D eigenvalue weighted by Crippen LogP contribution is -2.11. The molecule has 5 heteroatoms. The van der Waals surface area contributed by atoms with Gasteiger partial charge in [-0.05, 0) is 36.4 Å². The molecule has 1 fully saturated rings. The topological polar surface area (TPSA) is 56.8 Å². The van der Waals surface area contributed by atoms with E-state index in [0.29, 0.717) is 18.8 Å². The van der Waals surface area contributed by atoms with E-state index in [1.165, 1.54) is 0 Å². The van der Waals surface area contributed by atoms with Crippen molar-refractivity contribution < 1.29 is 19.0 Å². The number of hydrogen-bond acceptors (Lipinski definition) is 4. The van der Waals surface area contributed by atoms with Crippen LogP contribution in [0.4, 0.5) is 5.69 Å². The van der Waals surface area contributed by atoms with Gasteiger partial charge in [-0.1, -0.05) is 12.1 Å². The van der Waals surface area contributed by atoms with Gasteiger partial charge in [-0.3, -0.25) is 4.79 Å². The summed E-state index contributed by atoms with van der Waals surface area (Å²) in [6.45, 7) is 1.22. The number of carbonyl (C=O) groups is 1. The van der Waals surface area contributed by atoms with Gasteiger partial charge in [0.2, 0.25) is 0 Å². The molecule has 2 aromatic carbocycles. The summed E-state index contributed by atoms with van der Waals surface area (Å²) in [6, 6.07) is 14.4. The van der Waals surface area contributed by atoms with Crippen molar-refractivity contribution in [3.05, 3.63) is 59.7 Å². The standard InChI is InChI=1S/C17H17NO4/c1-20-15-8-4-12(5-9-15)16(19)18-14-6-2-13(3-7-14)17-21-10-11-22-17/h2-9,17H,10-11H2,1H3,(H,18,19). The number of benzene rings is 2. The molecule has 1 aliphatic rings. The third-order valence-corrected chi connectivity index (χ3v) is 3.41. The van der Waals surface area contributed by atoms with E-state index in [0.717, 1.165) is 17.0 Å². The summed E-state index contributed by atoms with van der Waals surface area (Å²) in [5.41, 5.74) is 2.25. The molecule has 22 heavy (non-hydrogen) atoms. The molecule has 0 atom stereocenters. The van der Waals surface area contributed by atoms with Gasteiger partial charge in [0.05, 0.1) is 20.3 Å². The number of hydrogen-bond donors (Lipinski definition) is 1. The first-order valence-corrected chi connectivity index (χ1v) is 7.05. The molecule has 0 aromatic heterocycles. The molecular weight excluding hydrogens is 282 g/mol. The van der Waals surface area contributed by atoms with Crippen LogP contribution in [0, 0.1) is 0 Å². The highest BCUT2D eigenvalue weighted by Crippen LogP contribution is 2.24. The molecule has 0 spiro atoms. The fraction of sp³-hybridized carbons (Fsp3) is 0.235. The van der Waals surface area contributed by atoms with Crippen molar-refractivity contribution in [1.29, 1.82) is 0 Å². The summed E-state index contributed by atoms with van der Waals surface area (Å²) < 4.78 is 15.9. The summed E-state index contributed by atoms with van der Waals surface area (Å²) in [7, 11) is 1.59. The number of ether oxygens (including phenoxy) is 3. The third-order valence-electron chi connectivity index (χ3n) is 3.41. The maximum Gasteiger partial charge on any atom is 0.255 e. The lowest BCUT2D eigenvalue weighted by Gasteiger charge is -2.10. The van der Waals surface area contributed by atoms with E-state index in [1.807, 2.05) is 24.3 Å². The van der Waals surface area contributed by atoms with E-state index in [9.17, 15) is 4.79 Å². The van der Waals surface area contributed by atoms with Gasteiger partial charge in [-0.15, -0.1) is 0 Å². The molecule has 0 unspecified atom stereocenters. The average molecular weight is 299 g/mol. The van der Waals surface area contributed by atoms with Gasteiger partial charge < -0.3 is 19.5 Å². The van der Waals surface area contributed by atoms with Crippen LogP contribution in [0.3, 0.4) is 0 Å². The van der Waals surface area contributed by atoms with Crippen LogP contribution >= 0.6 is 0 Å². The lowest BCUT2D eigenvalue weighted by atomic mass is 10.1. The number of nitrogens with one attached hydrogen (secondary N) is 1. The maximum absolute atomic E-state index is 12.2. The monoisotopic (exact) mass is 299 g/mol. The van der Waals surface area contributed by atoms with E-state index in [-0.39, 0.29) is 12.2 Å². The molecular formula is C17H17NO4. The predicted molar refractivity (Wildman–Crippen MR) is 82.0 cm³/mol. The van der Waals surface area contributed by atoms with Crippen molar-refractivity contribution >= 4 is 11.6 Å². The Morgan fingerprint density at radius 1 is 1.05 bits per heavy atom. The summed E-state index contributed by atoms with van der Waals surface area (Å²) in [5, 5.41) is 2.85. The number of anilines is 1. The Morgan fingerprint density at radius 2 is 1.68 bits per heavy atom. The van der Waals surface area contributed by atoms with Gasteiger partial charge in [-0.25, -0.2) is 0 Å². The summed E-state index contributed by atoms with van der Waals surface area (Å²) in [6.07, 6.45) is -0.300. The van der Waals surface area contributed by atoms with Gasteiger partial charge in [0.15, 0.2) is 6.29 Å². The van der Waals surface area contributed by atoms with Crippen molar-refractivity contribution in [1.82, 2.24) is 0 Å². The Morgan fingerprint density at radius 3 is 2.27 bits per heavy atom. The molecule has 1 aliphatic heterocycles. The largest absolute Gasteiger partial charge is 0.497 e. The minimum Gasteiger partial charge on any atom is -0.497 e. The number of amides is 1. The first-order valence-electron chi connectivity index (χ1n) is 7.05. The minimum atomic E-state index is -0.300. The van der Waals surface area contributed by atoms with Crippen LogP contribution in [0.15, 0.2) is 48.5 Å². The van der Waals surface area contributed by atoms with Gasteiger partial charge in [0.1, 0.15) is 5.75 Å². The molecule has 3 rings (SSSR count). The highest BCUT2D eigenvalue weighted by atomic mass is 16.7. The van der Waals surface area contributed by atoms with E-state index >= 15 is 0 Å². The van der Waals surface area contributed by atoms with Crippen molar-refractivity contribution in [3.63, 3.8) is 0 Å². The van der Waals surface area contributed by atoms with Gasteiger partial charge in [-0.2, -0.15) is 0 Å². The van der Waals surface area contributed by atoms with Crippen molar-refractivity contribution in [2.75, 3.05) is 25.6 Å². The van der Waals surface area contributed by atoms with Crippen LogP contribution in [0.25, 0.3) is 0 Å². The second-order valence-corrected chi connectivity index (χ2v) is 4.88. The normalized spacial score (nSPS) is 14.8. The fourth-order valence-electron chi connectivity index (χ4n) is 2.22. The summed E-state index contributed by atoms with van der Waals surface area (Å²) in [4.78, 5) is 12.2. The zero-order valence-electron chi connectivity index (χ0n) is 12.2. The number of rotatable bonds is 4. The molecule has 1 amide bonds. The zero-order chi connectivity index (χ0) is 15.4. The van der Waals surface area contributed by atoms with Gasteiger partial charge in [0, 0.05) is 16.8 Å². The second kappa shape index (κ2) is 6.60. The van der Waals surface area contributed by atoms with Crippen LogP contribution in [0.1, 0.15) is 22.2 Å². The molecule has 1 N–H and O–H groups in total. The fourth-order valence-corrected chi connectivity index (χ4v) is 2.22. The molecule has 0 bridgehead atoms. The Kier molecular flexibility index (Phi) is 4.37. The van der Waals surface area contributed by atoms with Gasteiger partial charge in [0.25, 0.3) is 5.91 Å². The highest BCUT2D eigenvalue weighted by Gasteiger charge is 2.17. The second-order valence-electron chi connectivity index (χ2n) is 4.88. The smallest absolute Gasteiger partial charge is 0.255 e. The third kappa shape index (κ3) is 3.27. The first-order chi connectivity index (χ1) is 10.8. The predicted octanol–water partition coefficient (Wildman–Crippen LogP) is 2.99. The molecule has 0 radical (unpaired) electrons. The number of carbonyl (C=O) groups excluding carboxylic acids is 1. The van der Waals surface area contributed by atoms with Gasteiger partial charge >= 0.3 is 0 Å². The Labute approximate surface area is 128 Å². The first kappa shape index (κ1) is 14.6. The van der Waals surface area contributed by atoms with Crippen LogP contribution in [-0.2, 0) is 9.47 Å². The minimum absolute atomic E-state index is 0.163. The Balaban J connectivity index is 1.65. The van der Waals surface area contributed by atoms with E-state index in [2.05, 4.69) is 5.32 Å². The Bertz CT molecular complexity index is 631. The van der Waals surface area contributed by atoms with E-state index in [4.69, 9.17) is 14.2 Å². The molecule has 2 aromatic rings. The summed E-state index contributed by atoms with van der Waals surface area (Å²) in [5.74, 6) is 0.557. The van der Waals surface area contributed by atoms with E-state index < -0.39 is 0 Å². The van der Waals surface area contributed by atoms with Crippen LogP contribution < -0.4 is 10.1 Å². The lowest BCUT2D eigenvalue weighted by molar-refractivity contribution is -0.0441.